The number of aryl methyl sites for hydroxylation is 2. The van der Waals surface area contributed by atoms with E-state index in [1.807, 2.05) is 6.92 Å². The molecule has 10 heteroatoms. The van der Waals surface area contributed by atoms with E-state index in [1.165, 1.54) is 30.5 Å². The maximum Gasteiger partial charge on any atom is 0.243 e. The number of hydrogen-bond donors (Lipinski definition) is 1. The van der Waals surface area contributed by atoms with Crippen molar-refractivity contribution in [2.45, 2.75) is 36.5 Å². The molecule has 8 nitrogen and oxygen atoms in total. The minimum atomic E-state index is -3.69. The summed E-state index contributed by atoms with van der Waals surface area (Å²) in [7, 11) is -4.45. The van der Waals surface area contributed by atoms with Gasteiger partial charge in [-0.05, 0) is 56.5 Å². The standard InChI is InChI=1S/C22H29N3O5S2/c1-16-7-10-19(11-8-16)32(29,30)25-13-5-6-18(15-25)22(26)23-21-14-20(12-9-17(21)2)31(27,28)24(3)4/h7-12,14,18H,5-6,13,15H2,1-4H3,(H,23,26)/t18-/m1/s1. The molecule has 0 saturated carbocycles. The molecule has 174 valence electrons. The van der Waals surface area contributed by atoms with Crippen molar-refractivity contribution >= 4 is 31.6 Å². The Morgan fingerprint density at radius 2 is 1.62 bits per heavy atom. The van der Waals surface area contributed by atoms with Gasteiger partial charge < -0.3 is 5.32 Å². The predicted octanol–water partition coefficient (Wildman–Crippen LogP) is 2.59. The molecule has 0 spiro atoms. The highest BCUT2D eigenvalue weighted by atomic mass is 32.2. The van der Waals surface area contributed by atoms with Crippen LogP contribution in [0.5, 0.6) is 0 Å². The average molecular weight is 480 g/mol. The first-order chi connectivity index (χ1) is 14.9. The van der Waals surface area contributed by atoms with Crippen LogP contribution in [-0.2, 0) is 24.8 Å². The molecule has 32 heavy (non-hydrogen) atoms. The number of benzene rings is 2. The third-order valence-electron chi connectivity index (χ3n) is 5.66. The van der Waals surface area contributed by atoms with Crippen LogP contribution in [-0.4, -0.2) is 58.5 Å². The largest absolute Gasteiger partial charge is 0.326 e. The molecule has 1 heterocycles. The molecule has 0 bridgehead atoms. The topological polar surface area (TPSA) is 104 Å². The Morgan fingerprint density at radius 1 is 1.00 bits per heavy atom. The van der Waals surface area contributed by atoms with Gasteiger partial charge in [0.05, 0.1) is 15.7 Å². The van der Waals surface area contributed by atoms with Crippen molar-refractivity contribution in [3.8, 4) is 0 Å². The van der Waals surface area contributed by atoms with E-state index in [0.717, 1.165) is 15.4 Å². The lowest BCUT2D eigenvalue weighted by Crippen LogP contribution is -2.43. The van der Waals surface area contributed by atoms with Crippen LogP contribution in [0.15, 0.2) is 52.3 Å². The first kappa shape index (κ1) is 24.4. The first-order valence-electron chi connectivity index (χ1n) is 10.3. The zero-order valence-electron chi connectivity index (χ0n) is 18.7. The van der Waals surface area contributed by atoms with Crippen molar-refractivity contribution < 1.29 is 21.6 Å². The third-order valence-corrected chi connectivity index (χ3v) is 9.35. The SMILES string of the molecule is Cc1ccc(S(=O)(=O)N2CCC[C@@H](C(=O)Nc3cc(S(=O)(=O)N(C)C)ccc3C)C2)cc1. The summed E-state index contributed by atoms with van der Waals surface area (Å²) in [4.78, 5) is 13.3. The molecule has 2 aromatic carbocycles. The van der Waals surface area contributed by atoms with Gasteiger partial charge in [-0.2, -0.15) is 4.31 Å². The molecular weight excluding hydrogens is 450 g/mol. The molecule has 3 rings (SSSR count). The van der Waals surface area contributed by atoms with Gasteiger partial charge >= 0.3 is 0 Å². The van der Waals surface area contributed by atoms with Gasteiger partial charge in [0.2, 0.25) is 26.0 Å². The number of anilines is 1. The van der Waals surface area contributed by atoms with Gasteiger partial charge in [0, 0.05) is 32.9 Å². The zero-order valence-corrected chi connectivity index (χ0v) is 20.3. The molecule has 1 amide bonds. The monoisotopic (exact) mass is 479 g/mol. The van der Waals surface area contributed by atoms with Gasteiger partial charge in [-0.3, -0.25) is 4.79 Å². The van der Waals surface area contributed by atoms with Crippen molar-refractivity contribution in [1.82, 2.24) is 8.61 Å². The van der Waals surface area contributed by atoms with Crippen molar-refractivity contribution in [3.05, 3.63) is 53.6 Å². The fourth-order valence-electron chi connectivity index (χ4n) is 3.58. The molecule has 1 N–H and O–H groups in total. The quantitative estimate of drug-likeness (QED) is 0.686. The molecule has 1 aliphatic heterocycles. The fraction of sp³-hybridized carbons (Fsp3) is 0.409. The lowest BCUT2D eigenvalue weighted by atomic mass is 9.98. The number of carbonyl (C=O) groups is 1. The van der Waals surface area contributed by atoms with Crippen molar-refractivity contribution in [2.24, 2.45) is 5.92 Å². The van der Waals surface area contributed by atoms with Crippen LogP contribution in [0.2, 0.25) is 0 Å². The van der Waals surface area contributed by atoms with Gasteiger partial charge in [-0.1, -0.05) is 23.8 Å². The Morgan fingerprint density at radius 3 is 2.25 bits per heavy atom. The summed E-state index contributed by atoms with van der Waals surface area (Å²) in [5.74, 6) is -0.853. The summed E-state index contributed by atoms with van der Waals surface area (Å²) >= 11 is 0. The second-order valence-corrected chi connectivity index (χ2v) is 12.4. The summed E-state index contributed by atoms with van der Waals surface area (Å²) in [5, 5.41) is 2.81. The Labute approximate surface area is 190 Å². The van der Waals surface area contributed by atoms with Crippen molar-refractivity contribution in [1.29, 1.82) is 0 Å². The van der Waals surface area contributed by atoms with E-state index in [9.17, 15) is 21.6 Å². The van der Waals surface area contributed by atoms with E-state index in [4.69, 9.17) is 0 Å². The summed E-state index contributed by atoms with van der Waals surface area (Å²) in [6.45, 7) is 4.10. The van der Waals surface area contributed by atoms with E-state index in [0.29, 0.717) is 25.1 Å². The van der Waals surface area contributed by atoms with Crippen molar-refractivity contribution in [2.75, 3.05) is 32.5 Å². The van der Waals surface area contributed by atoms with Gasteiger partial charge in [-0.15, -0.1) is 0 Å². The van der Waals surface area contributed by atoms with Gasteiger partial charge in [0.15, 0.2) is 0 Å². The highest BCUT2D eigenvalue weighted by molar-refractivity contribution is 7.89. The number of hydrogen-bond acceptors (Lipinski definition) is 5. The molecule has 0 radical (unpaired) electrons. The van der Waals surface area contributed by atoms with Crippen LogP contribution in [0.3, 0.4) is 0 Å². The highest BCUT2D eigenvalue weighted by Gasteiger charge is 2.33. The second-order valence-electron chi connectivity index (χ2n) is 8.27. The zero-order chi connectivity index (χ0) is 23.7. The van der Waals surface area contributed by atoms with Crippen LogP contribution in [0, 0.1) is 19.8 Å². The van der Waals surface area contributed by atoms with Crippen LogP contribution in [0.4, 0.5) is 5.69 Å². The predicted molar refractivity (Wildman–Crippen MR) is 123 cm³/mol. The van der Waals surface area contributed by atoms with Crippen LogP contribution < -0.4 is 5.32 Å². The van der Waals surface area contributed by atoms with Gasteiger partial charge in [0.25, 0.3) is 0 Å². The van der Waals surface area contributed by atoms with Crippen molar-refractivity contribution in [3.63, 3.8) is 0 Å². The summed E-state index contributed by atoms with van der Waals surface area (Å²) < 4.78 is 53.4. The van der Waals surface area contributed by atoms with Gasteiger partial charge in [-0.25, -0.2) is 21.1 Å². The number of rotatable bonds is 6. The minimum Gasteiger partial charge on any atom is -0.326 e. The number of carbonyl (C=O) groups excluding carboxylic acids is 1. The second kappa shape index (κ2) is 9.30. The Balaban J connectivity index is 1.78. The summed E-state index contributed by atoms with van der Waals surface area (Å²) in [6, 6.07) is 11.2. The summed E-state index contributed by atoms with van der Waals surface area (Å²) in [5.41, 5.74) is 2.08. The molecule has 1 atom stereocenters. The number of nitrogens with zero attached hydrogens (tertiary/aromatic N) is 2. The van der Waals surface area contributed by atoms with E-state index in [1.54, 1.807) is 37.3 Å². The van der Waals surface area contributed by atoms with E-state index < -0.39 is 26.0 Å². The van der Waals surface area contributed by atoms with Crippen LogP contribution in [0.1, 0.15) is 24.0 Å². The molecule has 1 saturated heterocycles. The number of piperidine rings is 1. The first-order valence-corrected chi connectivity index (χ1v) is 13.2. The number of nitrogens with one attached hydrogen (secondary N) is 1. The van der Waals surface area contributed by atoms with E-state index in [-0.39, 0.29) is 22.2 Å². The maximum atomic E-state index is 13.0. The normalized spacial score (nSPS) is 18.0. The number of sulfonamides is 2. The molecule has 0 aromatic heterocycles. The van der Waals surface area contributed by atoms with Crippen LogP contribution >= 0.6 is 0 Å². The Kier molecular flexibility index (Phi) is 7.09. The van der Waals surface area contributed by atoms with E-state index in [2.05, 4.69) is 5.32 Å². The molecule has 0 aliphatic carbocycles. The fourth-order valence-corrected chi connectivity index (χ4v) is 6.03. The lowest BCUT2D eigenvalue weighted by molar-refractivity contribution is -0.120. The molecular formula is C22H29N3O5S2. The highest BCUT2D eigenvalue weighted by Crippen LogP contribution is 2.27. The maximum absolute atomic E-state index is 13.0. The molecule has 1 fully saturated rings. The van der Waals surface area contributed by atoms with E-state index >= 15 is 0 Å². The number of amides is 1. The lowest BCUT2D eigenvalue weighted by Gasteiger charge is -2.31. The summed E-state index contributed by atoms with van der Waals surface area (Å²) in [6.07, 6.45) is 1.12. The Hall–Kier alpha value is -2.27. The Bertz CT molecular complexity index is 1210. The molecule has 0 unspecified atom stereocenters. The smallest absolute Gasteiger partial charge is 0.243 e. The van der Waals surface area contributed by atoms with Crippen LogP contribution in [0.25, 0.3) is 0 Å². The van der Waals surface area contributed by atoms with Gasteiger partial charge in [0.1, 0.15) is 0 Å². The minimum absolute atomic E-state index is 0.0793. The molecule has 1 aliphatic rings. The molecule has 2 aromatic rings. The average Bonchev–Trinajstić information content (AvgIpc) is 2.75. The third kappa shape index (κ3) is 5.03.